The maximum absolute atomic E-state index is 13.6. The standard InChI is InChI=1S/C19H25FN4O2S.HI/c1-2-22-19(24-14-12-16-5-3-4-6-18(16)20)23-13-11-15-7-9-17(10-8-15)27(21,25)26;/h3-10H,2,11-14H2,1H3,(H2,21,25,26)(H2,22,23,24);1H. The van der Waals surface area contributed by atoms with E-state index in [9.17, 15) is 12.8 Å². The molecule has 0 aliphatic heterocycles. The average Bonchev–Trinajstić information content (AvgIpc) is 2.63. The van der Waals surface area contributed by atoms with Crippen LogP contribution in [0.5, 0.6) is 0 Å². The van der Waals surface area contributed by atoms with Crippen LogP contribution in [0.3, 0.4) is 0 Å². The third-order valence-electron chi connectivity index (χ3n) is 3.91. The fourth-order valence-corrected chi connectivity index (χ4v) is 3.02. The summed E-state index contributed by atoms with van der Waals surface area (Å²) in [6.07, 6.45) is 1.22. The van der Waals surface area contributed by atoms with E-state index in [2.05, 4.69) is 15.6 Å². The van der Waals surface area contributed by atoms with Crippen molar-refractivity contribution in [2.45, 2.75) is 24.7 Å². The number of sulfonamides is 1. The second-order valence-corrected chi connectivity index (χ2v) is 7.53. The van der Waals surface area contributed by atoms with Crippen LogP contribution in [0.15, 0.2) is 58.4 Å². The van der Waals surface area contributed by atoms with E-state index in [1.807, 2.05) is 13.0 Å². The van der Waals surface area contributed by atoms with Gasteiger partial charge in [-0.05, 0) is 49.1 Å². The summed E-state index contributed by atoms with van der Waals surface area (Å²) >= 11 is 0. The van der Waals surface area contributed by atoms with Crippen LogP contribution in [-0.4, -0.2) is 34.0 Å². The summed E-state index contributed by atoms with van der Waals surface area (Å²) in [5.41, 5.74) is 1.63. The molecule has 0 aromatic heterocycles. The first-order valence-electron chi connectivity index (χ1n) is 8.77. The summed E-state index contributed by atoms with van der Waals surface area (Å²) in [4.78, 5) is 4.56. The maximum Gasteiger partial charge on any atom is 0.238 e. The third-order valence-corrected chi connectivity index (χ3v) is 4.84. The average molecular weight is 520 g/mol. The number of rotatable bonds is 8. The van der Waals surface area contributed by atoms with Gasteiger partial charge < -0.3 is 10.6 Å². The van der Waals surface area contributed by atoms with Gasteiger partial charge in [0.1, 0.15) is 5.82 Å². The summed E-state index contributed by atoms with van der Waals surface area (Å²) < 4.78 is 36.2. The molecule has 0 fully saturated rings. The zero-order valence-corrected chi connectivity index (χ0v) is 18.8. The number of hydrogen-bond acceptors (Lipinski definition) is 3. The number of halogens is 2. The Labute approximate surface area is 182 Å². The van der Waals surface area contributed by atoms with Gasteiger partial charge in [0.15, 0.2) is 5.96 Å². The number of aliphatic imine (C=N–C) groups is 1. The number of benzene rings is 2. The molecule has 0 bridgehead atoms. The fourth-order valence-electron chi connectivity index (χ4n) is 2.50. The van der Waals surface area contributed by atoms with Crippen molar-refractivity contribution < 1.29 is 12.8 Å². The van der Waals surface area contributed by atoms with Crippen LogP contribution >= 0.6 is 24.0 Å². The molecule has 9 heteroatoms. The van der Waals surface area contributed by atoms with Crippen molar-refractivity contribution >= 4 is 40.0 Å². The van der Waals surface area contributed by atoms with E-state index in [0.717, 1.165) is 5.56 Å². The van der Waals surface area contributed by atoms with Gasteiger partial charge in [0, 0.05) is 19.6 Å². The number of primary sulfonamides is 1. The Kier molecular flexibility index (Phi) is 10.4. The Balaban J connectivity index is 0.00000392. The molecule has 0 amide bonds. The molecule has 6 nitrogen and oxygen atoms in total. The predicted molar refractivity (Wildman–Crippen MR) is 121 cm³/mol. The molecule has 2 rings (SSSR count). The number of nitrogens with one attached hydrogen (secondary N) is 2. The van der Waals surface area contributed by atoms with E-state index >= 15 is 0 Å². The lowest BCUT2D eigenvalue weighted by molar-refractivity contribution is 0.597. The van der Waals surface area contributed by atoms with Crippen molar-refractivity contribution in [2.75, 3.05) is 19.6 Å². The lowest BCUT2D eigenvalue weighted by Gasteiger charge is -2.11. The molecule has 0 atom stereocenters. The largest absolute Gasteiger partial charge is 0.357 e. The van der Waals surface area contributed by atoms with E-state index in [4.69, 9.17) is 5.14 Å². The minimum absolute atomic E-state index is 0. The second kappa shape index (κ2) is 12.0. The quantitative estimate of drug-likeness (QED) is 0.283. The van der Waals surface area contributed by atoms with Crippen LogP contribution < -0.4 is 15.8 Å². The lowest BCUT2D eigenvalue weighted by atomic mass is 10.1. The molecule has 2 aromatic carbocycles. The Hall–Kier alpha value is -1.72. The monoisotopic (exact) mass is 520 g/mol. The Bertz CT molecular complexity index is 874. The van der Waals surface area contributed by atoms with E-state index < -0.39 is 10.0 Å². The maximum atomic E-state index is 13.6. The number of nitrogens with two attached hydrogens (primary N) is 1. The highest BCUT2D eigenvalue weighted by Crippen LogP contribution is 2.09. The summed E-state index contributed by atoms with van der Waals surface area (Å²) in [5.74, 6) is 0.448. The van der Waals surface area contributed by atoms with E-state index in [-0.39, 0.29) is 34.7 Å². The summed E-state index contributed by atoms with van der Waals surface area (Å²) in [6, 6.07) is 13.2. The Morgan fingerprint density at radius 2 is 1.75 bits per heavy atom. The van der Waals surface area contributed by atoms with Crippen LogP contribution in [0.25, 0.3) is 0 Å². The van der Waals surface area contributed by atoms with Gasteiger partial charge in [0.05, 0.1) is 4.90 Å². The Morgan fingerprint density at radius 3 is 2.36 bits per heavy atom. The highest BCUT2D eigenvalue weighted by atomic mass is 127. The molecule has 0 spiro atoms. The van der Waals surface area contributed by atoms with Gasteiger partial charge in [-0.3, -0.25) is 4.99 Å². The van der Waals surface area contributed by atoms with Crippen LogP contribution in [0.2, 0.25) is 0 Å². The molecule has 0 aliphatic carbocycles. The molecular formula is C19H26FIN4O2S. The zero-order valence-electron chi connectivity index (χ0n) is 15.7. The first-order chi connectivity index (χ1) is 12.9. The number of hydrogen-bond donors (Lipinski definition) is 3. The van der Waals surface area contributed by atoms with Gasteiger partial charge in [0.25, 0.3) is 0 Å². The third kappa shape index (κ3) is 8.11. The normalized spacial score (nSPS) is 11.6. The predicted octanol–water partition coefficient (Wildman–Crippen LogP) is 2.43. The number of guanidine groups is 1. The topological polar surface area (TPSA) is 96.6 Å². The molecule has 0 saturated carbocycles. The lowest BCUT2D eigenvalue weighted by Crippen LogP contribution is -2.38. The molecular weight excluding hydrogens is 494 g/mol. The first-order valence-corrected chi connectivity index (χ1v) is 10.3. The highest BCUT2D eigenvalue weighted by molar-refractivity contribution is 14.0. The van der Waals surface area contributed by atoms with Gasteiger partial charge in [-0.2, -0.15) is 0 Å². The van der Waals surface area contributed by atoms with E-state index in [0.29, 0.717) is 44.0 Å². The molecule has 2 aromatic rings. The Morgan fingerprint density at radius 1 is 1.07 bits per heavy atom. The van der Waals surface area contributed by atoms with Gasteiger partial charge in [-0.1, -0.05) is 30.3 Å². The van der Waals surface area contributed by atoms with Gasteiger partial charge >= 0.3 is 0 Å². The van der Waals surface area contributed by atoms with E-state index in [1.165, 1.54) is 18.2 Å². The smallest absolute Gasteiger partial charge is 0.238 e. The zero-order chi connectivity index (χ0) is 19.7. The van der Waals surface area contributed by atoms with Crippen LogP contribution in [0.1, 0.15) is 18.1 Å². The van der Waals surface area contributed by atoms with Gasteiger partial charge in [0.2, 0.25) is 10.0 Å². The van der Waals surface area contributed by atoms with Crippen LogP contribution in [0, 0.1) is 5.82 Å². The SMILES string of the molecule is CCNC(=NCCc1ccccc1F)NCCc1ccc(S(N)(=O)=O)cc1.I. The molecule has 0 aliphatic rings. The number of nitrogens with zero attached hydrogens (tertiary/aromatic N) is 1. The molecule has 0 unspecified atom stereocenters. The van der Waals surface area contributed by atoms with Crippen LogP contribution in [-0.2, 0) is 22.9 Å². The van der Waals surface area contributed by atoms with Crippen molar-refractivity contribution in [2.24, 2.45) is 10.1 Å². The van der Waals surface area contributed by atoms with Crippen molar-refractivity contribution in [1.29, 1.82) is 0 Å². The van der Waals surface area contributed by atoms with Crippen molar-refractivity contribution in [3.8, 4) is 0 Å². The van der Waals surface area contributed by atoms with Crippen molar-refractivity contribution in [3.05, 3.63) is 65.5 Å². The summed E-state index contributed by atoms with van der Waals surface area (Å²) in [6.45, 7) is 3.79. The fraction of sp³-hybridized carbons (Fsp3) is 0.316. The minimum atomic E-state index is -3.67. The van der Waals surface area contributed by atoms with E-state index in [1.54, 1.807) is 24.3 Å². The van der Waals surface area contributed by atoms with Crippen LogP contribution in [0.4, 0.5) is 4.39 Å². The summed E-state index contributed by atoms with van der Waals surface area (Å²) in [7, 11) is -3.67. The van der Waals surface area contributed by atoms with Gasteiger partial charge in [-0.25, -0.2) is 17.9 Å². The molecule has 0 radical (unpaired) electrons. The van der Waals surface area contributed by atoms with Crippen molar-refractivity contribution in [3.63, 3.8) is 0 Å². The van der Waals surface area contributed by atoms with Gasteiger partial charge in [-0.15, -0.1) is 24.0 Å². The second-order valence-electron chi connectivity index (χ2n) is 5.97. The molecule has 4 N–H and O–H groups in total. The molecule has 0 heterocycles. The van der Waals surface area contributed by atoms with Crippen molar-refractivity contribution in [1.82, 2.24) is 10.6 Å². The highest BCUT2D eigenvalue weighted by Gasteiger charge is 2.06. The first kappa shape index (κ1) is 24.3. The minimum Gasteiger partial charge on any atom is -0.357 e. The summed E-state index contributed by atoms with van der Waals surface area (Å²) in [5, 5.41) is 11.5. The molecule has 154 valence electrons. The molecule has 0 saturated heterocycles. The molecule has 28 heavy (non-hydrogen) atoms.